The molecule has 0 spiro atoms. The molecule has 1 fully saturated rings. The molecule has 0 saturated heterocycles. The molecule has 0 aromatic heterocycles. The van der Waals surface area contributed by atoms with Crippen molar-refractivity contribution in [2.75, 3.05) is 13.6 Å². The minimum absolute atomic E-state index is 0.260. The van der Waals surface area contributed by atoms with Crippen LogP contribution in [0.25, 0.3) is 0 Å². The molecule has 19 heavy (non-hydrogen) atoms. The van der Waals surface area contributed by atoms with E-state index >= 15 is 0 Å². The number of likely N-dealkylation sites (N-methyl/N-ethyl adjacent to an activating group) is 1. The van der Waals surface area contributed by atoms with Crippen molar-refractivity contribution >= 4 is 0 Å². The van der Waals surface area contributed by atoms with Crippen molar-refractivity contribution in [3.63, 3.8) is 0 Å². The zero-order valence-electron chi connectivity index (χ0n) is 14.1. The Kier molecular flexibility index (Phi) is 5.88. The Morgan fingerprint density at radius 2 is 1.79 bits per heavy atom. The van der Waals surface area contributed by atoms with Crippen LogP contribution in [-0.2, 0) is 0 Å². The zero-order chi connectivity index (χ0) is 14.7. The van der Waals surface area contributed by atoms with Crippen LogP contribution in [0.2, 0.25) is 0 Å². The summed E-state index contributed by atoms with van der Waals surface area (Å²) in [6.07, 6.45) is 7.74. The molecular formula is C17H36N2. The first-order valence-corrected chi connectivity index (χ1v) is 8.26. The highest BCUT2D eigenvalue weighted by atomic mass is 15.2. The van der Waals surface area contributed by atoms with Crippen molar-refractivity contribution in [1.29, 1.82) is 0 Å². The van der Waals surface area contributed by atoms with Gasteiger partial charge in [-0.05, 0) is 57.4 Å². The van der Waals surface area contributed by atoms with Gasteiger partial charge in [0, 0.05) is 18.1 Å². The molecule has 1 atom stereocenters. The van der Waals surface area contributed by atoms with Crippen molar-refractivity contribution in [3.8, 4) is 0 Å². The second kappa shape index (κ2) is 6.58. The van der Waals surface area contributed by atoms with E-state index in [-0.39, 0.29) is 5.54 Å². The molecule has 1 aliphatic carbocycles. The Morgan fingerprint density at radius 3 is 2.16 bits per heavy atom. The molecule has 0 aromatic carbocycles. The highest BCUT2D eigenvalue weighted by molar-refractivity contribution is 4.98. The fourth-order valence-corrected chi connectivity index (χ4v) is 3.67. The standard InChI is InChI=1S/C17H36N2/c1-7-14(3)19(6)17(13-18)11-9-15(10-12-17)16(4,5)8-2/h14-15H,7-13,18H2,1-6H3. The van der Waals surface area contributed by atoms with Crippen LogP contribution in [0.4, 0.5) is 0 Å². The van der Waals surface area contributed by atoms with Gasteiger partial charge in [-0.3, -0.25) is 4.90 Å². The molecule has 0 aromatic rings. The Hall–Kier alpha value is -0.0800. The van der Waals surface area contributed by atoms with Crippen LogP contribution in [0.5, 0.6) is 0 Å². The van der Waals surface area contributed by atoms with Gasteiger partial charge in [0.25, 0.3) is 0 Å². The average molecular weight is 268 g/mol. The lowest BCUT2D eigenvalue weighted by atomic mass is 9.65. The summed E-state index contributed by atoms with van der Waals surface area (Å²) < 4.78 is 0. The smallest absolute Gasteiger partial charge is 0.0331 e. The molecule has 0 heterocycles. The molecule has 1 saturated carbocycles. The van der Waals surface area contributed by atoms with Crippen LogP contribution < -0.4 is 5.73 Å². The minimum atomic E-state index is 0.260. The first-order chi connectivity index (χ1) is 8.83. The maximum absolute atomic E-state index is 6.18. The van der Waals surface area contributed by atoms with E-state index in [1.807, 2.05) is 0 Å². The van der Waals surface area contributed by atoms with E-state index in [2.05, 4.69) is 46.6 Å². The molecule has 1 unspecified atom stereocenters. The second-order valence-corrected chi connectivity index (χ2v) is 7.41. The van der Waals surface area contributed by atoms with E-state index in [0.29, 0.717) is 11.5 Å². The van der Waals surface area contributed by atoms with Crippen molar-refractivity contribution < 1.29 is 0 Å². The highest BCUT2D eigenvalue weighted by Crippen LogP contribution is 2.45. The van der Waals surface area contributed by atoms with Gasteiger partial charge in [-0.15, -0.1) is 0 Å². The fourth-order valence-electron chi connectivity index (χ4n) is 3.67. The zero-order valence-corrected chi connectivity index (χ0v) is 14.1. The molecular weight excluding hydrogens is 232 g/mol. The maximum Gasteiger partial charge on any atom is 0.0331 e. The summed E-state index contributed by atoms with van der Waals surface area (Å²) in [4.78, 5) is 2.57. The predicted molar refractivity (Wildman–Crippen MR) is 85.3 cm³/mol. The molecule has 0 aliphatic heterocycles. The average Bonchev–Trinajstić information content (AvgIpc) is 2.45. The number of hydrogen-bond acceptors (Lipinski definition) is 2. The quantitative estimate of drug-likeness (QED) is 0.787. The van der Waals surface area contributed by atoms with Gasteiger partial charge in [-0.2, -0.15) is 0 Å². The lowest BCUT2D eigenvalue weighted by molar-refractivity contribution is 0.0108. The van der Waals surface area contributed by atoms with Gasteiger partial charge in [0.2, 0.25) is 0 Å². The van der Waals surface area contributed by atoms with Crippen molar-refractivity contribution in [2.24, 2.45) is 17.1 Å². The van der Waals surface area contributed by atoms with Crippen LogP contribution in [0.3, 0.4) is 0 Å². The predicted octanol–water partition coefficient (Wildman–Crippen LogP) is 4.04. The van der Waals surface area contributed by atoms with E-state index in [9.17, 15) is 0 Å². The minimum Gasteiger partial charge on any atom is -0.329 e. The van der Waals surface area contributed by atoms with Crippen LogP contribution in [-0.4, -0.2) is 30.1 Å². The van der Waals surface area contributed by atoms with Gasteiger partial charge < -0.3 is 5.73 Å². The summed E-state index contributed by atoms with van der Waals surface area (Å²) in [5.41, 5.74) is 6.93. The number of rotatable bonds is 6. The lowest BCUT2D eigenvalue weighted by Gasteiger charge is -2.50. The summed E-state index contributed by atoms with van der Waals surface area (Å²) in [7, 11) is 2.28. The van der Waals surface area contributed by atoms with Crippen LogP contribution >= 0.6 is 0 Å². The third kappa shape index (κ3) is 3.52. The van der Waals surface area contributed by atoms with Gasteiger partial charge in [-0.25, -0.2) is 0 Å². The van der Waals surface area contributed by atoms with E-state index in [4.69, 9.17) is 5.73 Å². The summed E-state index contributed by atoms with van der Waals surface area (Å²) in [6.45, 7) is 12.6. The molecule has 2 heteroatoms. The number of nitrogens with zero attached hydrogens (tertiary/aromatic N) is 1. The van der Waals surface area contributed by atoms with Gasteiger partial charge in [-0.1, -0.05) is 34.1 Å². The van der Waals surface area contributed by atoms with Gasteiger partial charge in [0.05, 0.1) is 0 Å². The molecule has 0 radical (unpaired) electrons. The van der Waals surface area contributed by atoms with Crippen molar-refractivity contribution in [3.05, 3.63) is 0 Å². The molecule has 2 N–H and O–H groups in total. The Morgan fingerprint density at radius 1 is 1.26 bits per heavy atom. The lowest BCUT2D eigenvalue weighted by Crippen LogP contribution is -2.57. The Balaban J connectivity index is 2.72. The van der Waals surface area contributed by atoms with E-state index < -0.39 is 0 Å². The fraction of sp³-hybridized carbons (Fsp3) is 1.00. The van der Waals surface area contributed by atoms with Gasteiger partial charge >= 0.3 is 0 Å². The van der Waals surface area contributed by atoms with Gasteiger partial charge in [0.15, 0.2) is 0 Å². The number of hydrogen-bond donors (Lipinski definition) is 1. The van der Waals surface area contributed by atoms with Crippen LogP contribution in [0, 0.1) is 11.3 Å². The summed E-state index contributed by atoms with van der Waals surface area (Å²) in [5, 5.41) is 0. The monoisotopic (exact) mass is 268 g/mol. The molecule has 0 bridgehead atoms. The molecule has 2 nitrogen and oxygen atoms in total. The maximum atomic E-state index is 6.18. The first-order valence-electron chi connectivity index (χ1n) is 8.26. The van der Waals surface area contributed by atoms with Crippen LogP contribution in [0.15, 0.2) is 0 Å². The summed E-state index contributed by atoms with van der Waals surface area (Å²) in [6, 6.07) is 0.638. The third-order valence-corrected chi connectivity index (χ3v) is 6.31. The van der Waals surface area contributed by atoms with E-state index in [0.717, 1.165) is 12.5 Å². The molecule has 114 valence electrons. The molecule has 0 amide bonds. The largest absolute Gasteiger partial charge is 0.329 e. The SMILES string of the molecule is CCC(C)N(C)C1(CN)CCC(C(C)(C)CC)CC1. The Bertz CT molecular complexity index is 264. The highest BCUT2D eigenvalue weighted by Gasteiger charge is 2.42. The topological polar surface area (TPSA) is 29.3 Å². The van der Waals surface area contributed by atoms with Crippen molar-refractivity contribution in [2.45, 2.75) is 84.7 Å². The van der Waals surface area contributed by atoms with Crippen molar-refractivity contribution in [1.82, 2.24) is 4.90 Å². The Labute approximate surface area is 121 Å². The molecule has 1 rings (SSSR count). The summed E-state index contributed by atoms with van der Waals surface area (Å²) in [5.74, 6) is 0.877. The first kappa shape index (κ1) is 17.0. The van der Waals surface area contributed by atoms with Crippen LogP contribution in [0.1, 0.15) is 73.1 Å². The van der Waals surface area contributed by atoms with E-state index in [1.54, 1.807) is 0 Å². The second-order valence-electron chi connectivity index (χ2n) is 7.41. The van der Waals surface area contributed by atoms with E-state index in [1.165, 1.54) is 38.5 Å². The van der Waals surface area contributed by atoms with Gasteiger partial charge in [0.1, 0.15) is 0 Å². The molecule has 1 aliphatic rings. The summed E-state index contributed by atoms with van der Waals surface area (Å²) >= 11 is 0. The third-order valence-electron chi connectivity index (χ3n) is 6.31. The normalized spacial score (nSPS) is 30.6. The number of nitrogens with two attached hydrogens (primary N) is 1.